The molecule has 0 fully saturated rings. The molecule has 0 bridgehead atoms. The van der Waals surface area contributed by atoms with Crippen molar-refractivity contribution in [3.05, 3.63) is 46.7 Å². The molecule has 0 spiro atoms. The summed E-state index contributed by atoms with van der Waals surface area (Å²) in [4.78, 5) is 11.5. The third-order valence-electron chi connectivity index (χ3n) is 3.23. The Kier molecular flexibility index (Phi) is 12.5. The molecule has 25 heavy (non-hydrogen) atoms. The molecule has 0 saturated carbocycles. The zero-order valence-corrected chi connectivity index (χ0v) is 17.4. The lowest BCUT2D eigenvalue weighted by Crippen LogP contribution is -2.30. The maximum atomic E-state index is 11.5. The fraction of sp³-hybridized carbons (Fsp3) is 0.476. The van der Waals surface area contributed by atoms with Gasteiger partial charge in [0.05, 0.1) is 6.10 Å². The lowest BCUT2D eigenvalue weighted by atomic mass is 9.98. The summed E-state index contributed by atoms with van der Waals surface area (Å²) in [5.74, 6) is 0.251. The van der Waals surface area contributed by atoms with Gasteiger partial charge < -0.3 is 10.1 Å². The number of rotatable bonds is 5. The molecule has 1 aromatic carbocycles. The molecule has 1 unspecified atom stereocenters. The summed E-state index contributed by atoms with van der Waals surface area (Å²) in [6, 6.07) is 10.6. The Morgan fingerprint density at radius 1 is 1.04 bits per heavy atom. The topological polar surface area (TPSA) is 38.3 Å². The van der Waals surface area contributed by atoms with Crippen LogP contribution in [0, 0.1) is 0 Å². The first-order chi connectivity index (χ1) is 12.1. The third-order valence-corrected chi connectivity index (χ3v) is 3.91. The number of thiophene rings is 1. The number of ether oxygens (including phenoxy) is 1. The van der Waals surface area contributed by atoms with Crippen LogP contribution in [0.2, 0.25) is 0 Å². The minimum Gasteiger partial charge on any atom is -0.447 e. The number of carbonyl (C=O) groups excluding carboxylic acids is 1. The van der Waals surface area contributed by atoms with Gasteiger partial charge >= 0.3 is 6.09 Å². The average molecular weight is 366 g/mol. The molecule has 0 saturated heterocycles. The standard InChI is InChI=1S/C17H21NO2S.2C2H6.H2/c1-12(2)20-17(19)18-10-13(3)14-4-6-15(7-5-14)16-8-9-21-11-16;2*1-2;/h4-9,11-13H,10H2,1-3H3,(H,18,19);2*1-2H3;1H. The molecule has 2 aromatic rings. The molecule has 2 rings (SSSR count). The molecule has 0 aliphatic heterocycles. The van der Waals surface area contributed by atoms with Gasteiger partial charge in [0.1, 0.15) is 0 Å². The van der Waals surface area contributed by atoms with Crippen LogP contribution in [0.1, 0.15) is 61.4 Å². The van der Waals surface area contributed by atoms with E-state index in [0.717, 1.165) is 0 Å². The maximum absolute atomic E-state index is 11.5. The predicted octanol–water partition coefficient (Wildman–Crippen LogP) is 6.95. The second-order valence-corrected chi connectivity index (χ2v) is 6.15. The molecule has 4 heteroatoms. The Labute approximate surface area is 158 Å². The van der Waals surface area contributed by atoms with E-state index in [-0.39, 0.29) is 19.5 Å². The second-order valence-electron chi connectivity index (χ2n) is 5.37. The van der Waals surface area contributed by atoms with Crippen molar-refractivity contribution in [2.75, 3.05) is 6.54 Å². The predicted molar refractivity (Wildman–Crippen MR) is 113 cm³/mol. The number of alkyl carbamates (subject to hydrolysis) is 1. The highest BCUT2D eigenvalue weighted by Crippen LogP contribution is 2.24. The van der Waals surface area contributed by atoms with Gasteiger partial charge in [-0.15, -0.1) is 0 Å². The van der Waals surface area contributed by atoms with Crippen molar-refractivity contribution < 1.29 is 11.0 Å². The zero-order chi connectivity index (χ0) is 19.2. The Bertz CT molecular complexity index is 568. The van der Waals surface area contributed by atoms with Crippen LogP contribution in [0.25, 0.3) is 11.1 Å². The van der Waals surface area contributed by atoms with Crippen LogP contribution >= 0.6 is 11.3 Å². The summed E-state index contributed by atoms with van der Waals surface area (Å²) in [5.41, 5.74) is 3.68. The quantitative estimate of drug-likeness (QED) is 0.622. The zero-order valence-electron chi connectivity index (χ0n) is 16.6. The number of amides is 1. The lowest BCUT2D eigenvalue weighted by Gasteiger charge is -2.15. The summed E-state index contributed by atoms with van der Waals surface area (Å²) < 4.78 is 5.06. The van der Waals surface area contributed by atoms with Crippen LogP contribution in [0.5, 0.6) is 0 Å². The Morgan fingerprint density at radius 3 is 2.12 bits per heavy atom. The molecular formula is C21H35NO2S. The minimum atomic E-state index is -0.355. The summed E-state index contributed by atoms with van der Waals surface area (Å²) >= 11 is 1.70. The maximum Gasteiger partial charge on any atom is 0.407 e. The number of nitrogens with one attached hydrogen (secondary N) is 1. The Morgan fingerprint density at radius 2 is 1.64 bits per heavy atom. The molecule has 0 aliphatic carbocycles. The number of carbonyl (C=O) groups is 1. The normalized spacial score (nSPS) is 10.7. The van der Waals surface area contributed by atoms with E-state index in [1.807, 2.05) is 41.5 Å². The fourth-order valence-corrected chi connectivity index (χ4v) is 2.71. The molecule has 1 heterocycles. The van der Waals surface area contributed by atoms with Crippen LogP contribution < -0.4 is 5.32 Å². The summed E-state index contributed by atoms with van der Waals surface area (Å²) in [6.07, 6.45) is -0.447. The minimum absolute atomic E-state index is 0. The van der Waals surface area contributed by atoms with Crippen LogP contribution in [-0.4, -0.2) is 18.7 Å². The Balaban J connectivity index is 0. The summed E-state index contributed by atoms with van der Waals surface area (Å²) in [5, 5.41) is 7.02. The Hall–Kier alpha value is -1.81. The van der Waals surface area contributed by atoms with Gasteiger partial charge in [0.25, 0.3) is 0 Å². The van der Waals surface area contributed by atoms with Crippen LogP contribution in [0.15, 0.2) is 41.1 Å². The fourth-order valence-electron chi connectivity index (χ4n) is 2.04. The van der Waals surface area contributed by atoms with Gasteiger partial charge in [-0.3, -0.25) is 0 Å². The van der Waals surface area contributed by atoms with E-state index in [4.69, 9.17) is 4.74 Å². The van der Waals surface area contributed by atoms with E-state index >= 15 is 0 Å². The van der Waals surface area contributed by atoms with Crippen LogP contribution in [-0.2, 0) is 4.74 Å². The molecule has 142 valence electrons. The summed E-state index contributed by atoms with van der Waals surface area (Å²) in [6.45, 7) is 14.3. The summed E-state index contributed by atoms with van der Waals surface area (Å²) in [7, 11) is 0. The second kappa shape index (κ2) is 13.5. The highest BCUT2D eigenvalue weighted by molar-refractivity contribution is 7.08. The van der Waals surface area contributed by atoms with E-state index in [1.165, 1.54) is 16.7 Å². The van der Waals surface area contributed by atoms with Crippen molar-refractivity contribution in [1.82, 2.24) is 5.32 Å². The SMILES string of the molecule is CC.CC.CC(C)OC(=O)NCC(C)c1ccc(-c2ccsc2)cc1.[HH]. The first-order valence-corrected chi connectivity index (χ1v) is 10.1. The first-order valence-electron chi connectivity index (χ1n) is 9.13. The van der Waals surface area contributed by atoms with Crippen LogP contribution in [0.3, 0.4) is 0 Å². The van der Waals surface area contributed by atoms with Gasteiger partial charge in [0, 0.05) is 7.97 Å². The molecule has 3 nitrogen and oxygen atoms in total. The van der Waals surface area contributed by atoms with Gasteiger partial charge in [-0.25, -0.2) is 4.79 Å². The average Bonchev–Trinajstić information content (AvgIpc) is 3.17. The highest BCUT2D eigenvalue weighted by Gasteiger charge is 2.10. The monoisotopic (exact) mass is 365 g/mol. The molecule has 1 atom stereocenters. The highest BCUT2D eigenvalue weighted by atomic mass is 32.1. The molecule has 0 aliphatic rings. The van der Waals surface area contributed by atoms with Crippen molar-refractivity contribution in [1.29, 1.82) is 0 Å². The van der Waals surface area contributed by atoms with Crippen LogP contribution in [0.4, 0.5) is 4.79 Å². The number of hydrogen-bond donors (Lipinski definition) is 1. The molecule has 1 aromatic heterocycles. The molecule has 1 N–H and O–H groups in total. The smallest absolute Gasteiger partial charge is 0.407 e. The van der Waals surface area contributed by atoms with E-state index < -0.39 is 0 Å². The van der Waals surface area contributed by atoms with Crippen molar-refractivity contribution in [3.63, 3.8) is 0 Å². The van der Waals surface area contributed by atoms with E-state index in [0.29, 0.717) is 6.54 Å². The van der Waals surface area contributed by atoms with Crippen molar-refractivity contribution >= 4 is 17.4 Å². The number of benzene rings is 1. The first kappa shape index (κ1) is 23.2. The van der Waals surface area contributed by atoms with Crippen molar-refractivity contribution in [3.8, 4) is 11.1 Å². The van der Waals surface area contributed by atoms with E-state index in [2.05, 4.69) is 53.3 Å². The largest absolute Gasteiger partial charge is 0.447 e. The van der Waals surface area contributed by atoms with Gasteiger partial charge in [-0.05, 0) is 53.3 Å². The third kappa shape index (κ3) is 8.73. The van der Waals surface area contributed by atoms with E-state index in [1.54, 1.807) is 11.3 Å². The molecular weight excluding hydrogens is 330 g/mol. The van der Waals surface area contributed by atoms with Gasteiger partial charge in [0.15, 0.2) is 0 Å². The van der Waals surface area contributed by atoms with E-state index in [9.17, 15) is 4.79 Å². The van der Waals surface area contributed by atoms with Gasteiger partial charge in [-0.1, -0.05) is 58.9 Å². The lowest BCUT2D eigenvalue weighted by molar-refractivity contribution is 0.115. The number of hydrogen-bond acceptors (Lipinski definition) is 3. The van der Waals surface area contributed by atoms with Gasteiger partial charge in [0.2, 0.25) is 0 Å². The van der Waals surface area contributed by atoms with Crippen molar-refractivity contribution in [2.45, 2.75) is 60.5 Å². The molecule has 1 amide bonds. The molecule has 0 radical (unpaired) electrons. The van der Waals surface area contributed by atoms with Crippen molar-refractivity contribution in [2.24, 2.45) is 0 Å². The van der Waals surface area contributed by atoms with Gasteiger partial charge in [-0.2, -0.15) is 11.3 Å².